The zero-order valence-corrected chi connectivity index (χ0v) is 16.6. The van der Waals surface area contributed by atoms with Gasteiger partial charge in [-0.3, -0.25) is 4.79 Å². The van der Waals surface area contributed by atoms with Crippen LogP contribution >= 0.6 is 11.3 Å². The third-order valence-electron chi connectivity index (χ3n) is 4.64. The van der Waals surface area contributed by atoms with Crippen LogP contribution in [0.1, 0.15) is 5.56 Å². The first-order valence-corrected chi connectivity index (χ1v) is 10.1. The topological polar surface area (TPSA) is 85.6 Å². The number of nitrogens with one attached hydrogen (secondary N) is 1. The van der Waals surface area contributed by atoms with E-state index < -0.39 is 0 Å². The molecule has 0 saturated heterocycles. The van der Waals surface area contributed by atoms with E-state index in [1.165, 1.54) is 6.33 Å². The minimum absolute atomic E-state index is 0.0845. The molecule has 8 heteroatoms. The Morgan fingerprint density at radius 1 is 0.967 bits per heavy atom. The van der Waals surface area contributed by atoms with E-state index in [1.54, 1.807) is 16.0 Å². The maximum absolute atomic E-state index is 12.7. The second kappa shape index (κ2) is 7.84. The van der Waals surface area contributed by atoms with Crippen LogP contribution in [0.5, 0.6) is 0 Å². The number of rotatable bonds is 5. The Bertz CT molecular complexity index is 1280. The molecule has 1 N–H and O–H groups in total. The van der Waals surface area contributed by atoms with E-state index >= 15 is 0 Å². The number of anilines is 1. The van der Waals surface area contributed by atoms with Crippen LogP contribution in [0.25, 0.3) is 26.5 Å². The number of nitrogens with zero attached hydrogens (tertiary/aromatic N) is 5. The highest BCUT2D eigenvalue weighted by atomic mass is 32.1. The van der Waals surface area contributed by atoms with E-state index in [0.717, 1.165) is 37.7 Å². The molecule has 0 radical (unpaired) electrons. The van der Waals surface area contributed by atoms with E-state index in [0.29, 0.717) is 0 Å². The van der Waals surface area contributed by atoms with Crippen molar-refractivity contribution in [1.29, 1.82) is 0 Å². The number of aromatic nitrogens is 5. The van der Waals surface area contributed by atoms with Crippen molar-refractivity contribution in [3.05, 3.63) is 84.7 Å². The highest BCUT2D eigenvalue weighted by molar-refractivity contribution is 7.21. The highest BCUT2D eigenvalue weighted by Crippen LogP contribution is 2.34. The molecule has 2 aromatic heterocycles. The number of benzene rings is 3. The number of thiazole rings is 1. The predicted octanol–water partition coefficient (Wildman–Crippen LogP) is 4.12. The standard InChI is InChI=1S/C22H16N6OS/c29-21(13-15-9-11-16(12-10-15)28-14-23-26-27-28)24-18-6-2-1-5-17(18)22-25-19-7-3-4-8-20(19)30-22/h1-12,14H,13H2,(H,24,29). The molecule has 0 aliphatic rings. The average molecular weight is 412 g/mol. The second-order valence-electron chi connectivity index (χ2n) is 6.68. The molecule has 5 aromatic rings. The summed E-state index contributed by atoms with van der Waals surface area (Å²) in [7, 11) is 0. The van der Waals surface area contributed by atoms with Crippen LogP contribution < -0.4 is 5.32 Å². The summed E-state index contributed by atoms with van der Waals surface area (Å²) in [6.45, 7) is 0. The molecule has 30 heavy (non-hydrogen) atoms. The number of carbonyl (C=O) groups excluding carboxylic acids is 1. The minimum atomic E-state index is -0.0845. The normalized spacial score (nSPS) is 10.9. The van der Waals surface area contributed by atoms with Gasteiger partial charge in [0.1, 0.15) is 11.3 Å². The molecule has 0 spiro atoms. The fraction of sp³-hybridized carbons (Fsp3) is 0.0455. The van der Waals surface area contributed by atoms with Crippen molar-refractivity contribution in [3.63, 3.8) is 0 Å². The smallest absolute Gasteiger partial charge is 0.228 e. The first-order chi connectivity index (χ1) is 14.8. The first-order valence-electron chi connectivity index (χ1n) is 9.33. The van der Waals surface area contributed by atoms with Gasteiger partial charge in [0.15, 0.2) is 0 Å². The van der Waals surface area contributed by atoms with E-state index in [4.69, 9.17) is 4.98 Å². The summed E-state index contributed by atoms with van der Waals surface area (Å²) in [5.41, 5.74) is 4.38. The lowest BCUT2D eigenvalue weighted by atomic mass is 10.1. The van der Waals surface area contributed by atoms with Crippen LogP contribution in [0, 0.1) is 0 Å². The molecule has 0 bridgehead atoms. The predicted molar refractivity (Wildman–Crippen MR) is 117 cm³/mol. The largest absolute Gasteiger partial charge is 0.325 e. The molecule has 0 fully saturated rings. The van der Waals surface area contributed by atoms with Crippen LogP contribution in [0.15, 0.2) is 79.1 Å². The first kappa shape index (κ1) is 18.1. The fourth-order valence-electron chi connectivity index (χ4n) is 3.19. The Balaban J connectivity index is 1.34. The molecule has 3 aromatic carbocycles. The van der Waals surface area contributed by atoms with Crippen molar-refractivity contribution >= 4 is 33.1 Å². The molecular formula is C22H16N6OS. The summed E-state index contributed by atoms with van der Waals surface area (Å²) in [6, 6.07) is 23.3. The Kier molecular flexibility index (Phi) is 4.74. The highest BCUT2D eigenvalue weighted by Gasteiger charge is 2.13. The van der Waals surface area contributed by atoms with Crippen molar-refractivity contribution in [2.45, 2.75) is 6.42 Å². The summed E-state index contributed by atoms with van der Waals surface area (Å²) >= 11 is 1.61. The minimum Gasteiger partial charge on any atom is -0.325 e. The zero-order valence-electron chi connectivity index (χ0n) is 15.8. The van der Waals surface area contributed by atoms with Crippen molar-refractivity contribution in [2.75, 3.05) is 5.32 Å². The van der Waals surface area contributed by atoms with Gasteiger partial charge in [-0.25, -0.2) is 9.67 Å². The van der Waals surface area contributed by atoms with E-state index in [2.05, 4.69) is 26.9 Å². The quantitative estimate of drug-likeness (QED) is 0.469. The summed E-state index contributed by atoms with van der Waals surface area (Å²) in [4.78, 5) is 17.4. The fourth-order valence-corrected chi connectivity index (χ4v) is 4.20. The van der Waals surface area contributed by atoms with Gasteiger partial charge >= 0.3 is 0 Å². The third-order valence-corrected chi connectivity index (χ3v) is 5.71. The molecule has 0 saturated carbocycles. The summed E-state index contributed by atoms with van der Waals surface area (Å²) < 4.78 is 2.69. The summed E-state index contributed by atoms with van der Waals surface area (Å²) in [5, 5.41) is 15.0. The third kappa shape index (κ3) is 3.68. The molecular weight excluding hydrogens is 396 g/mol. The number of hydrogen-bond donors (Lipinski definition) is 1. The van der Waals surface area contributed by atoms with Crippen LogP contribution in [0.3, 0.4) is 0 Å². The van der Waals surface area contributed by atoms with Crippen LogP contribution in [-0.2, 0) is 11.2 Å². The van der Waals surface area contributed by atoms with E-state index in [9.17, 15) is 4.79 Å². The van der Waals surface area contributed by atoms with Crippen molar-refractivity contribution in [1.82, 2.24) is 25.2 Å². The van der Waals surface area contributed by atoms with Gasteiger partial charge in [-0.15, -0.1) is 16.4 Å². The molecule has 1 amide bonds. The maximum atomic E-state index is 12.7. The van der Waals surface area contributed by atoms with Gasteiger partial charge in [-0.05, 0) is 52.4 Å². The number of amides is 1. The van der Waals surface area contributed by atoms with Gasteiger partial charge in [0.05, 0.1) is 28.0 Å². The molecule has 0 aliphatic carbocycles. The second-order valence-corrected chi connectivity index (χ2v) is 7.71. The number of carbonyl (C=O) groups is 1. The average Bonchev–Trinajstić information content (AvgIpc) is 3.45. The SMILES string of the molecule is O=C(Cc1ccc(-n2cnnn2)cc1)Nc1ccccc1-c1nc2ccccc2s1. The molecule has 146 valence electrons. The van der Waals surface area contributed by atoms with Crippen LogP contribution in [0.4, 0.5) is 5.69 Å². The molecule has 2 heterocycles. The molecule has 0 unspecified atom stereocenters. The molecule has 5 rings (SSSR count). The summed E-state index contributed by atoms with van der Waals surface area (Å²) in [6.07, 6.45) is 1.80. The van der Waals surface area contributed by atoms with E-state index in [-0.39, 0.29) is 12.3 Å². The Morgan fingerprint density at radius 2 is 1.77 bits per heavy atom. The van der Waals surface area contributed by atoms with Crippen molar-refractivity contribution in [2.24, 2.45) is 0 Å². The Labute approximate surface area is 176 Å². The van der Waals surface area contributed by atoms with Gasteiger partial charge < -0.3 is 5.32 Å². The van der Waals surface area contributed by atoms with Crippen LogP contribution in [0.2, 0.25) is 0 Å². The lowest BCUT2D eigenvalue weighted by Crippen LogP contribution is -2.15. The monoisotopic (exact) mass is 412 g/mol. The Morgan fingerprint density at radius 3 is 2.57 bits per heavy atom. The van der Waals surface area contributed by atoms with Crippen molar-refractivity contribution < 1.29 is 4.79 Å². The molecule has 0 atom stereocenters. The van der Waals surface area contributed by atoms with Gasteiger partial charge in [0.25, 0.3) is 0 Å². The number of tetrazole rings is 1. The lowest BCUT2D eigenvalue weighted by Gasteiger charge is -2.10. The zero-order chi connectivity index (χ0) is 20.3. The number of fused-ring (bicyclic) bond motifs is 1. The van der Waals surface area contributed by atoms with E-state index in [1.807, 2.05) is 66.7 Å². The van der Waals surface area contributed by atoms with Crippen LogP contribution in [-0.4, -0.2) is 31.1 Å². The maximum Gasteiger partial charge on any atom is 0.228 e. The Hall–Kier alpha value is -3.91. The van der Waals surface area contributed by atoms with Gasteiger partial charge in [0, 0.05) is 5.56 Å². The molecule has 7 nitrogen and oxygen atoms in total. The van der Waals surface area contributed by atoms with Gasteiger partial charge in [-0.2, -0.15) is 0 Å². The van der Waals surface area contributed by atoms with Crippen molar-refractivity contribution in [3.8, 4) is 16.3 Å². The van der Waals surface area contributed by atoms with Gasteiger partial charge in [0.2, 0.25) is 5.91 Å². The lowest BCUT2D eigenvalue weighted by molar-refractivity contribution is -0.115. The molecule has 0 aliphatic heterocycles. The number of hydrogen-bond acceptors (Lipinski definition) is 6. The van der Waals surface area contributed by atoms with Gasteiger partial charge in [-0.1, -0.05) is 36.4 Å². The summed E-state index contributed by atoms with van der Waals surface area (Å²) in [5.74, 6) is -0.0845. The number of para-hydroxylation sites is 2.